The van der Waals surface area contributed by atoms with Crippen molar-refractivity contribution in [1.82, 2.24) is 15.1 Å². The maximum absolute atomic E-state index is 12.1. The van der Waals surface area contributed by atoms with Crippen LogP contribution in [0, 0.1) is 5.92 Å². The van der Waals surface area contributed by atoms with E-state index in [4.69, 9.17) is 4.74 Å². The number of nitrogens with zero attached hydrogens (tertiary/aromatic N) is 2. The van der Waals surface area contributed by atoms with Gasteiger partial charge in [0.1, 0.15) is 6.04 Å². The molecule has 18 heavy (non-hydrogen) atoms. The topological polar surface area (TPSA) is 61.9 Å². The Bertz CT molecular complexity index is 307. The SMILES string of the molecule is COC(=O)C(C)CN1CCNCC1C(=O)N(C)C. The third-order valence-corrected chi connectivity index (χ3v) is 3.19. The Morgan fingerprint density at radius 1 is 1.50 bits per heavy atom. The Morgan fingerprint density at radius 2 is 2.17 bits per heavy atom. The van der Waals surface area contributed by atoms with Gasteiger partial charge < -0.3 is 15.0 Å². The van der Waals surface area contributed by atoms with E-state index in [0.29, 0.717) is 13.1 Å². The second kappa shape index (κ2) is 6.70. The Hall–Kier alpha value is -1.14. The molecule has 2 unspecified atom stereocenters. The van der Waals surface area contributed by atoms with Crippen LogP contribution in [-0.2, 0) is 14.3 Å². The molecule has 6 heteroatoms. The van der Waals surface area contributed by atoms with Crippen LogP contribution in [0.25, 0.3) is 0 Å². The molecule has 1 rings (SSSR count). The van der Waals surface area contributed by atoms with Crippen LogP contribution < -0.4 is 5.32 Å². The first-order valence-electron chi connectivity index (χ1n) is 6.21. The predicted octanol–water partition coefficient (Wildman–Crippen LogP) is -0.842. The molecule has 1 amide bonds. The predicted molar refractivity (Wildman–Crippen MR) is 68.1 cm³/mol. The molecule has 0 aromatic rings. The van der Waals surface area contributed by atoms with Gasteiger partial charge in [0, 0.05) is 40.3 Å². The van der Waals surface area contributed by atoms with E-state index >= 15 is 0 Å². The van der Waals surface area contributed by atoms with Crippen LogP contribution in [0.3, 0.4) is 0 Å². The summed E-state index contributed by atoms with van der Waals surface area (Å²) in [6, 6.07) is -0.194. The number of nitrogens with one attached hydrogen (secondary N) is 1. The lowest BCUT2D eigenvalue weighted by atomic mass is 10.1. The van der Waals surface area contributed by atoms with Gasteiger partial charge in [-0.1, -0.05) is 6.92 Å². The first kappa shape index (κ1) is 14.9. The van der Waals surface area contributed by atoms with Crippen molar-refractivity contribution in [1.29, 1.82) is 0 Å². The number of carbonyl (C=O) groups is 2. The Kier molecular flexibility index (Phi) is 5.55. The number of likely N-dealkylation sites (N-methyl/N-ethyl adjacent to an activating group) is 1. The summed E-state index contributed by atoms with van der Waals surface area (Å²) in [7, 11) is 4.89. The molecule has 0 aromatic carbocycles. The molecule has 1 aliphatic rings. The lowest BCUT2D eigenvalue weighted by Crippen LogP contribution is -2.58. The van der Waals surface area contributed by atoms with Gasteiger partial charge in [-0.15, -0.1) is 0 Å². The van der Waals surface area contributed by atoms with Gasteiger partial charge in [-0.3, -0.25) is 14.5 Å². The van der Waals surface area contributed by atoms with E-state index in [-0.39, 0.29) is 23.8 Å². The van der Waals surface area contributed by atoms with Gasteiger partial charge >= 0.3 is 5.97 Å². The average Bonchev–Trinajstić information content (AvgIpc) is 2.37. The smallest absolute Gasteiger partial charge is 0.309 e. The fourth-order valence-electron chi connectivity index (χ4n) is 2.13. The summed E-state index contributed by atoms with van der Waals surface area (Å²) in [5.41, 5.74) is 0. The van der Waals surface area contributed by atoms with Gasteiger partial charge in [0.05, 0.1) is 13.0 Å². The average molecular weight is 257 g/mol. The fraction of sp³-hybridized carbons (Fsp3) is 0.833. The summed E-state index contributed by atoms with van der Waals surface area (Å²) in [6.45, 7) is 4.62. The van der Waals surface area contributed by atoms with E-state index in [9.17, 15) is 9.59 Å². The molecule has 104 valence electrons. The molecule has 1 heterocycles. The Labute approximate surface area is 108 Å². The molecule has 0 spiro atoms. The molecule has 1 aliphatic heterocycles. The maximum atomic E-state index is 12.1. The number of methoxy groups -OCH3 is 1. The van der Waals surface area contributed by atoms with E-state index in [1.54, 1.807) is 19.0 Å². The van der Waals surface area contributed by atoms with Gasteiger partial charge in [-0.25, -0.2) is 0 Å². The molecule has 1 saturated heterocycles. The van der Waals surface area contributed by atoms with Crippen LogP contribution >= 0.6 is 0 Å². The molecule has 0 saturated carbocycles. The van der Waals surface area contributed by atoms with Gasteiger partial charge in [-0.2, -0.15) is 0 Å². The number of amides is 1. The van der Waals surface area contributed by atoms with Gasteiger partial charge in [0.15, 0.2) is 0 Å². The summed E-state index contributed by atoms with van der Waals surface area (Å²) >= 11 is 0. The van der Waals surface area contributed by atoms with E-state index in [2.05, 4.69) is 10.2 Å². The van der Waals surface area contributed by atoms with Crippen LogP contribution in [0.2, 0.25) is 0 Å². The molecule has 1 N–H and O–H groups in total. The highest BCUT2D eigenvalue weighted by Gasteiger charge is 2.31. The summed E-state index contributed by atoms with van der Waals surface area (Å²) in [4.78, 5) is 27.1. The van der Waals surface area contributed by atoms with Crippen LogP contribution in [0.15, 0.2) is 0 Å². The number of piperazine rings is 1. The molecule has 0 aromatic heterocycles. The van der Waals surface area contributed by atoms with Crippen LogP contribution in [0.5, 0.6) is 0 Å². The first-order chi connectivity index (χ1) is 8.47. The van der Waals surface area contributed by atoms with Crippen LogP contribution in [-0.4, -0.2) is 75.1 Å². The summed E-state index contributed by atoms with van der Waals surface area (Å²) in [5.74, 6) is -0.380. The minimum Gasteiger partial charge on any atom is -0.469 e. The molecule has 0 bridgehead atoms. The number of rotatable bonds is 4. The van der Waals surface area contributed by atoms with E-state index in [1.807, 2.05) is 6.92 Å². The first-order valence-corrected chi connectivity index (χ1v) is 6.21. The third-order valence-electron chi connectivity index (χ3n) is 3.19. The second-order valence-electron chi connectivity index (χ2n) is 4.87. The molecule has 0 aliphatic carbocycles. The van der Waals surface area contributed by atoms with Crippen molar-refractivity contribution >= 4 is 11.9 Å². The zero-order valence-corrected chi connectivity index (χ0v) is 11.6. The third kappa shape index (κ3) is 3.68. The minimum atomic E-state index is -0.232. The molecule has 2 atom stereocenters. The van der Waals surface area contributed by atoms with Gasteiger partial charge in [-0.05, 0) is 0 Å². The maximum Gasteiger partial charge on any atom is 0.309 e. The van der Waals surface area contributed by atoms with Gasteiger partial charge in [0.25, 0.3) is 0 Å². The second-order valence-corrected chi connectivity index (χ2v) is 4.87. The highest BCUT2D eigenvalue weighted by Crippen LogP contribution is 2.10. The normalized spacial score (nSPS) is 22.3. The molecule has 1 fully saturated rings. The zero-order chi connectivity index (χ0) is 13.7. The minimum absolute atomic E-state index is 0.0688. The zero-order valence-electron chi connectivity index (χ0n) is 11.6. The highest BCUT2D eigenvalue weighted by atomic mass is 16.5. The largest absolute Gasteiger partial charge is 0.469 e. The van der Waals surface area contributed by atoms with E-state index < -0.39 is 0 Å². The summed E-state index contributed by atoms with van der Waals surface area (Å²) < 4.78 is 4.72. The number of carbonyl (C=O) groups excluding carboxylic acids is 2. The number of hydrogen-bond donors (Lipinski definition) is 1. The Balaban J connectivity index is 2.65. The molecule has 0 radical (unpaired) electrons. The van der Waals surface area contributed by atoms with Crippen molar-refractivity contribution in [3.63, 3.8) is 0 Å². The van der Waals surface area contributed by atoms with E-state index in [1.165, 1.54) is 7.11 Å². The lowest BCUT2D eigenvalue weighted by molar-refractivity contribution is -0.147. The summed E-state index contributed by atoms with van der Waals surface area (Å²) in [6.07, 6.45) is 0. The lowest BCUT2D eigenvalue weighted by Gasteiger charge is -2.37. The molecule has 6 nitrogen and oxygen atoms in total. The molecular weight excluding hydrogens is 234 g/mol. The number of esters is 1. The van der Waals surface area contributed by atoms with E-state index in [0.717, 1.165) is 13.1 Å². The quantitative estimate of drug-likeness (QED) is 0.665. The monoisotopic (exact) mass is 257 g/mol. The van der Waals surface area contributed by atoms with Crippen molar-refractivity contribution in [3.05, 3.63) is 0 Å². The summed E-state index contributed by atoms with van der Waals surface area (Å²) in [5, 5.41) is 3.21. The van der Waals surface area contributed by atoms with Crippen LogP contribution in [0.4, 0.5) is 0 Å². The fourth-order valence-corrected chi connectivity index (χ4v) is 2.13. The van der Waals surface area contributed by atoms with Crippen LogP contribution in [0.1, 0.15) is 6.92 Å². The highest BCUT2D eigenvalue weighted by molar-refractivity contribution is 5.82. The van der Waals surface area contributed by atoms with Gasteiger partial charge in [0.2, 0.25) is 5.91 Å². The molecular formula is C12H23N3O3. The van der Waals surface area contributed by atoms with Crippen molar-refractivity contribution in [2.45, 2.75) is 13.0 Å². The Morgan fingerprint density at radius 3 is 2.72 bits per heavy atom. The van der Waals surface area contributed by atoms with Crippen molar-refractivity contribution < 1.29 is 14.3 Å². The van der Waals surface area contributed by atoms with Crippen molar-refractivity contribution in [3.8, 4) is 0 Å². The van der Waals surface area contributed by atoms with Crippen molar-refractivity contribution in [2.75, 3.05) is 47.4 Å². The number of hydrogen-bond acceptors (Lipinski definition) is 5. The standard InChI is InChI=1S/C12H23N3O3/c1-9(12(17)18-4)8-15-6-5-13-7-10(15)11(16)14(2)3/h9-10,13H,5-8H2,1-4H3. The number of ether oxygens (including phenoxy) is 1. The van der Waals surface area contributed by atoms with Crippen molar-refractivity contribution in [2.24, 2.45) is 5.92 Å².